The van der Waals surface area contributed by atoms with Crippen LogP contribution in [0.1, 0.15) is 244 Å². The first-order valence-corrected chi connectivity index (χ1v) is 41.4. The van der Waals surface area contributed by atoms with Gasteiger partial charge in [-0.1, -0.05) is 247 Å². The van der Waals surface area contributed by atoms with Crippen LogP contribution >= 0.6 is 63.1 Å². The lowest BCUT2D eigenvalue weighted by Crippen LogP contribution is -2.04. The third-order valence-corrected chi connectivity index (χ3v) is 24.0. The second-order valence-electron chi connectivity index (χ2n) is 29.2. The normalized spacial score (nSPS) is 17.5. The van der Waals surface area contributed by atoms with Gasteiger partial charge in [0.25, 0.3) is 0 Å². The van der Waals surface area contributed by atoms with Crippen LogP contribution in [0.4, 0.5) is 23.5 Å². The molecule has 0 fully saturated rings. The molecule has 0 N–H and O–H groups in total. The molecule has 0 spiro atoms. The van der Waals surface area contributed by atoms with Crippen LogP contribution in [-0.2, 0) is 32.1 Å². The minimum Gasteiger partial charge on any atom is -0.269 e. The summed E-state index contributed by atoms with van der Waals surface area (Å²) in [6.45, 7) is 11.0. The monoisotopic (exact) mass is 1570 g/mol. The Bertz CT molecular complexity index is 3810. The number of thiol groups is 5. The van der Waals surface area contributed by atoms with Crippen LogP contribution in [-0.4, -0.2) is 0 Å². The number of allylic oxidation sites excluding steroid dienone is 10. The quantitative estimate of drug-likeness (QED) is 0.0490. The van der Waals surface area contributed by atoms with Gasteiger partial charge in [0.05, 0.1) is 0 Å². The number of rotatable bonds is 15. The zero-order chi connectivity index (χ0) is 73.3. The van der Waals surface area contributed by atoms with Crippen molar-refractivity contribution in [3.63, 3.8) is 0 Å². The van der Waals surface area contributed by atoms with Gasteiger partial charge in [0, 0.05) is 24.5 Å². The highest BCUT2D eigenvalue weighted by atomic mass is 32.1. The molecule has 10 heteroatoms. The van der Waals surface area contributed by atoms with Crippen molar-refractivity contribution >= 4 is 91.0 Å². The molecule has 0 aromatic heterocycles. The van der Waals surface area contributed by atoms with Crippen molar-refractivity contribution in [3.05, 3.63) is 356 Å². The Morgan fingerprint density at radius 1 is 0.200 bits per heavy atom. The van der Waals surface area contributed by atoms with Gasteiger partial charge in [-0.2, -0.15) is 0 Å². The number of benzene rings is 10. The Balaban J connectivity index is 0.000000212. The van der Waals surface area contributed by atoms with Crippen LogP contribution in [0.25, 0.3) is 27.9 Å². The molecule has 5 atom stereocenters. The highest BCUT2D eigenvalue weighted by Gasteiger charge is 2.22. The van der Waals surface area contributed by atoms with E-state index in [0.717, 1.165) is 88.7 Å². The van der Waals surface area contributed by atoms with Crippen LogP contribution in [0.3, 0.4) is 0 Å². The third kappa shape index (κ3) is 26.7. The fourth-order valence-corrected chi connectivity index (χ4v) is 16.2. The molecule has 0 heterocycles. The first-order chi connectivity index (χ1) is 51.3. The largest absolute Gasteiger partial charge is 0.269 e. The highest BCUT2D eigenvalue weighted by Crippen LogP contribution is 2.42. The molecule has 0 nitrogen and oxygen atoms in total. The van der Waals surface area contributed by atoms with Gasteiger partial charge >= 0.3 is 0 Å². The molecule has 0 aliphatic heterocycles. The van der Waals surface area contributed by atoms with E-state index in [4.69, 9.17) is 0 Å². The molecule has 0 radical (unpaired) electrons. The van der Waals surface area contributed by atoms with E-state index in [2.05, 4.69) is 371 Å². The van der Waals surface area contributed by atoms with E-state index < -0.39 is 0 Å². The average Bonchev–Trinajstić information content (AvgIpc) is 0.854. The highest BCUT2D eigenvalue weighted by molar-refractivity contribution is 7.81. The standard InChI is InChI=1S/5C20H22S.5FH/c5*1-2-15-3-5-16(6-4-15)17-7-9-18(10-8-17)19-11-13-20(21)14-12-19;;;;;/h5*3-6,9,11-14,17,21H,2,7-8,10H2,1H3;5*1H. The van der Waals surface area contributed by atoms with E-state index in [0.29, 0.717) is 29.6 Å². The number of halogens is 5. The van der Waals surface area contributed by atoms with Crippen LogP contribution in [0.2, 0.25) is 0 Å². The lowest BCUT2D eigenvalue weighted by atomic mass is 9.82. The van der Waals surface area contributed by atoms with E-state index in [9.17, 15) is 0 Å². The Kier molecular flexibility index (Phi) is 38.9. The van der Waals surface area contributed by atoms with Crippen LogP contribution in [0.5, 0.6) is 0 Å². The van der Waals surface area contributed by atoms with E-state index in [1.165, 1.54) is 176 Å². The molecule has 5 aliphatic rings. The first-order valence-electron chi connectivity index (χ1n) is 39.2. The van der Waals surface area contributed by atoms with Crippen LogP contribution < -0.4 is 0 Å². The Hall–Kier alpha value is -7.70. The molecular weight excluding hydrogens is 1460 g/mol. The summed E-state index contributed by atoms with van der Waals surface area (Å²) in [6, 6.07) is 88.6. The maximum Gasteiger partial charge on any atom is 0.00403 e. The summed E-state index contributed by atoms with van der Waals surface area (Å²) in [6.07, 6.45) is 35.6. The van der Waals surface area contributed by atoms with E-state index >= 15 is 0 Å². The average molecular weight is 1570 g/mol. The summed E-state index contributed by atoms with van der Waals surface area (Å²) < 4.78 is 0. The predicted octanol–water partition coefficient (Wildman–Crippen LogP) is 30.2. The maximum absolute atomic E-state index is 4.35. The Morgan fingerprint density at radius 3 is 0.445 bits per heavy atom. The van der Waals surface area contributed by atoms with Gasteiger partial charge in [-0.05, 0) is 330 Å². The number of hydrogen-bond donors (Lipinski definition) is 5. The summed E-state index contributed by atoms with van der Waals surface area (Å²) in [5.74, 6) is 3.42. The van der Waals surface area contributed by atoms with Crippen molar-refractivity contribution in [1.82, 2.24) is 0 Å². The van der Waals surface area contributed by atoms with Gasteiger partial charge in [0.2, 0.25) is 0 Å². The molecule has 5 unspecified atom stereocenters. The fraction of sp³-hybridized carbons (Fsp3) is 0.300. The predicted molar refractivity (Wildman–Crippen MR) is 483 cm³/mol. The van der Waals surface area contributed by atoms with Gasteiger partial charge < -0.3 is 0 Å². The van der Waals surface area contributed by atoms with Crippen LogP contribution in [0.15, 0.2) is 298 Å². The molecule has 10 aromatic rings. The zero-order valence-electron chi connectivity index (χ0n) is 64.8. The molecular formula is C100H115F5S5. The molecule has 15 rings (SSSR count). The Morgan fingerprint density at radius 2 is 0.336 bits per heavy atom. The molecule has 10 aromatic carbocycles. The maximum atomic E-state index is 4.35. The molecule has 5 aliphatic carbocycles. The minimum absolute atomic E-state index is 0. The minimum atomic E-state index is 0. The zero-order valence-corrected chi connectivity index (χ0v) is 69.3. The van der Waals surface area contributed by atoms with Crippen molar-refractivity contribution in [2.75, 3.05) is 0 Å². The number of hydrogen-bond acceptors (Lipinski definition) is 5. The molecule has 110 heavy (non-hydrogen) atoms. The smallest absolute Gasteiger partial charge is 0.00403 e. The summed E-state index contributed by atoms with van der Waals surface area (Å²) in [5, 5.41) is 0. The molecule has 0 saturated heterocycles. The number of aryl methyl sites for hydroxylation is 5. The summed E-state index contributed by atoms with van der Waals surface area (Å²) >= 11 is 21.8. The first kappa shape index (κ1) is 91.2. The molecule has 0 amide bonds. The van der Waals surface area contributed by atoms with E-state index in [1.807, 2.05) is 0 Å². The van der Waals surface area contributed by atoms with Gasteiger partial charge in [-0.15, -0.1) is 63.1 Å². The Labute approximate surface area is 683 Å². The molecule has 580 valence electrons. The third-order valence-electron chi connectivity index (χ3n) is 22.5. The fourth-order valence-electron chi connectivity index (χ4n) is 15.5. The second kappa shape index (κ2) is 47.0. The molecule has 0 bridgehead atoms. The van der Waals surface area contributed by atoms with Crippen molar-refractivity contribution in [1.29, 1.82) is 0 Å². The lowest BCUT2D eigenvalue weighted by Gasteiger charge is -2.23. The van der Waals surface area contributed by atoms with Crippen molar-refractivity contribution in [2.24, 2.45) is 0 Å². The van der Waals surface area contributed by atoms with Crippen molar-refractivity contribution in [3.8, 4) is 0 Å². The van der Waals surface area contributed by atoms with Crippen molar-refractivity contribution < 1.29 is 23.5 Å². The van der Waals surface area contributed by atoms with Gasteiger partial charge in [-0.25, -0.2) is 0 Å². The second-order valence-corrected chi connectivity index (χ2v) is 31.8. The topological polar surface area (TPSA) is 0 Å². The summed E-state index contributed by atoms with van der Waals surface area (Å²) in [4.78, 5) is 5.16. The van der Waals surface area contributed by atoms with Gasteiger partial charge in [-0.3, -0.25) is 23.5 Å². The summed E-state index contributed by atoms with van der Waals surface area (Å²) in [7, 11) is 0. The molecule has 0 saturated carbocycles. The SMILES string of the molecule is CCc1ccc(C2CC=C(c3ccc(S)cc3)CC2)cc1.CCc1ccc(C2CC=C(c3ccc(S)cc3)CC2)cc1.CCc1ccc(C2CC=C(c3ccc(S)cc3)CC2)cc1.CCc1ccc(C2CC=C(c3ccc(S)cc3)CC2)cc1.CCc1ccc(C2CC=C(c3ccc(S)cc3)CC2)cc1.F.F.F.F.F. The summed E-state index contributed by atoms with van der Waals surface area (Å²) in [5.41, 5.74) is 28.8. The van der Waals surface area contributed by atoms with E-state index in [-0.39, 0.29) is 23.5 Å². The lowest BCUT2D eigenvalue weighted by molar-refractivity contribution is 0.625. The van der Waals surface area contributed by atoms with E-state index in [1.54, 1.807) is 0 Å². The van der Waals surface area contributed by atoms with Crippen LogP contribution in [0, 0.1) is 0 Å². The van der Waals surface area contributed by atoms with Crippen molar-refractivity contribution in [2.45, 2.75) is 217 Å². The van der Waals surface area contributed by atoms with Gasteiger partial charge in [0.1, 0.15) is 0 Å². The van der Waals surface area contributed by atoms with Gasteiger partial charge in [0.15, 0.2) is 0 Å².